The predicted octanol–water partition coefficient (Wildman–Crippen LogP) is 7.95. The minimum atomic E-state index is 0.537. The summed E-state index contributed by atoms with van der Waals surface area (Å²) in [7, 11) is 0. The van der Waals surface area contributed by atoms with Crippen molar-refractivity contribution in [3.63, 3.8) is 0 Å². The summed E-state index contributed by atoms with van der Waals surface area (Å²) in [4.78, 5) is 10.0. The number of nitriles is 3. The summed E-state index contributed by atoms with van der Waals surface area (Å²) >= 11 is 0. The minimum Gasteiger partial charge on any atom is -0.294 e. The topological polar surface area (TPSA) is 107 Å². The van der Waals surface area contributed by atoms with Crippen LogP contribution < -0.4 is 0 Å². The van der Waals surface area contributed by atoms with Gasteiger partial charge in [-0.05, 0) is 90.0 Å². The van der Waals surface area contributed by atoms with Crippen molar-refractivity contribution in [1.29, 1.82) is 15.8 Å². The molecule has 0 aliphatic heterocycles. The summed E-state index contributed by atoms with van der Waals surface area (Å²) in [6, 6.07) is 41.6. The molecule has 8 aromatic rings. The van der Waals surface area contributed by atoms with Crippen LogP contribution in [-0.4, -0.2) is 19.1 Å². The van der Waals surface area contributed by atoms with Crippen molar-refractivity contribution in [3.8, 4) is 41.0 Å². The lowest BCUT2D eigenvalue weighted by molar-refractivity contribution is 1.00. The Bertz CT molecular complexity index is 2460. The van der Waals surface area contributed by atoms with Crippen LogP contribution in [0.3, 0.4) is 0 Å². The van der Waals surface area contributed by atoms with Gasteiger partial charge < -0.3 is 0 Å². The highest BCUT2D eigenvalue weighted by Crippen LogP contribution is 2.36. The maximum Gasteiger partial charge on any atom is 0.146 e. The van der Waals surface area contributed by atoms with E-state index in [-0.39, 0.29) is 0 Å². The van der Waals surface area contributed by atoms with Crippen LogP contribution in [0.4, 0.5) is 0 Å². The van der Waals surface area contributed by atoms with Crippen LogP contribution in [0.15, 0.2) is 115 Å². The van der Waals surface area contributed by atoms with Crippen molar-refractivity contribution >= 4 is 43.7 Å². The van der Waals surface area contributed by atoms with Gasteiger partial charge in [-0.15, -0.1) is 0 Å². The molecule has 0 saturated heterocycles. The van der Waals surface area contributed by atoms with Gasteiger partial charge in [0.25, 0.3) is 0 Å². The van der Waals surface area contributed by atoms with E-state index in [0.29, 0.717) is 28.3 Å². The van der Waals surface area contributed by atoms with Crippen LogP contribution in [0.5, 0.6) is 0 Å². The standard InChI is InChI=1S/C37H19N7/c38-20-23-7-11-26(12-8-23)27-18-35(42-36(19-27)44-32-6-2-1-4-28(32)29-5-3-15-41-37(29)44)43-33-13-9-24(21-39)16-30(33)31-17-25(22-40)10-14-34(31)43/h1-19H. The van der Waals surface area contributed by atoms with E-state index in [1.54, 1.807) is 18.3 Å². The summed E-state index contributed by atoms with van der Waals surface area (Å²) in [6.07, 6.45) is 1.79. The quantitative estimate of drug-likeness (QED) is 0.218. The molecule has 4 heterocycles. The van der Waals surface area contributed by atoms with Gasteiger partial charge in [-0.25, -0.2) is 9.97 Å². The number of nitrogens with zero attached hydrogens (tertiary/aromatic N) is 7. The van der Waals surface area contributed by atoms with Gasteiger partial charge in [0.05, 0.1) is 51.4 Å². The zero-order valence-electron chi connectivity index (χ0n) is 23.1. The normalized spacial score (nSPS) is 11.1. The number of para-hydroxylation sites is 1. The van der Waals surface area contributed by atoms with Crippen LogP contribution >= 0.6 is 0 Å². The Kier molecular flexibility index (Phi) is 5.49. The molecule has 4 aromatic heterocycles. The lowest BCUT2D eigenvalue weighted by Gasteiger charge is -2.14. The van der Waals surface area contributed by atoms with Gasteiger partial charge in [0, 0.05) is 27.7 Å². The van der Waals surface area contributed by atoms with Gasteiger partial charge in [0.2, 0.25) is 0 Å². The molecule has 0 N–H and O–H groups in total. The van der Waals surface area contributed by atoms with Gasteiger partial charge in [-0.1, -0.05) is 30.3 Å². The highest BCUT2D eigenvalue weighted by atomic mass is 15.2. The molecule has 0 bridgehead atoms. The van der Waals surface area contributed by atoms with Crippen LogP contribution in [0, 0.1) is 34.0 Å². The smallest absolute Gasteiger partial charge is 0.146 e. The maximum absolute atomic E-state index is 9.66. The van der Waals surface area contributed by atoms with Gasteiger partial charge >= 0.3 is 0 Å². The molecule has 0 atom stereocenters. The molecule has 0 radical (unpaired) electrons. The number of fused-ring (bicyclic) bond motifs is 6. The summed E-state index contributed by atoms with van der Waals surface area (Å²) in [5.74, 6) is 1.35. The van der Waals surface area contributed by atoms with Crippen molar-refractivity contribution in [1.82, 2.24) is 19.1 Å². The summed E-state index contributed by atoms with van der Waals surface area (Å²) < 4.78 is 4.15. The zero-order valence-corrected chi connectivity index (χ0v) is 23.1. The molecule has 0 aliphatic carbocycles. The summed E-state index contributed by atoms with van der Waals surface area (Å²) in [5.41, 5.74) is 7.01. The van der Waals surface area contributed by atoms with Crippen molar-refractivity contribution in [2.75, 3.05) is 0 Å². The number of hydrogen-bond donors (Lipinski definition) is 0. The van der Waals surface area contributed by atoms with E-state index in [1.165, 1.54) is 0 Å². The van der Waals surface area contributed by atoms with E-state index < -0.39 is 0 Å². The number of hydrogen-bond acceptors (Lipinski definition) is 5. The zero-order chi connectivity index (χ0) is 29.8. The Morgan fingerprint density at radius 3 is 1.70 bits per heavy atom. The second-order valence-electron chi connectivity index (χ2n) is 10.5. The third-order valence-corrected chi connectivity index (χ3v) is 8.06. The molecule has 4 aromatic carbocycles. The molecule has 0 saturated carbocycles. The fourth-order valence-corrected chi connectivity index (χ4v) is 6.07. The molecule has 0 fully saturated rings. The van der Waals surface area contributed by atoms with Gasteiger partial charge in [0.15, 0.2) is 0 Å². The van der Waals surface area contributed by atoms with E-state index in [2.05, 4.69) is 45.5 Å². The molecule has 0 spiro atoms. The molecule has 7 nitrogen and oxygen atoms in total. The molecule has 0 amide bonds. The van der Waals surface area contributed by atoms with Crippen LogP contribution in [0.2, 0.25) is 0 Å². The summed E-state index contributed by atoms with van der Waals surface area (Å²) in [6.45, 7) is 0. The maximum atomic E-state index is 9.66. The fraction of sp³-hybridized carbons (Fsp3) is 0. The Morgan fingerprint density at radius 1 is 0.477 bits per heavy atom. The molecule has 0 unspecified atom stereocenters. The van der Waals surface area contributed by atoms with Crippen LogP contribution in [-0.2, 0) is 0 Å². The highest BCUT2D eigenvalue weighted by molar-refractivity contribution is 6.10. The van der Waals surface area contributed by atoms with E-state index in [0.717, 1.165) is 54.9 Å². The highest BCUT2D eigenvalue weighted by Gasteiger charge is 2.19. The van der Waals surface area contributed by atoms with Gasteiger partial charge in [-0.3, -0.25) is 9.13 Å². The molecule has 0 aliphatic rings. The fourth-order valence-electron chi connectivity index (χ4n) is 6.07. The Balaban J connectivity index is 1.49. The van der Waals surface area contributed by atoms with Gasteiger partial charge in [-0.2, -0.15) is 15.8 Å². The molecular formula is C37H19N7. The average Bonchev–Trinajstić information content (AvgIpc) is 3.60. The summed E-state index contributed by atoms with van der Waals surface area (Å²) in [5, 5.41) is 32.5. The number of aromatic nitrogens is 4. The molecular weight excluding hydrogens is 542 g/mol. The Hall–Kier alpha value is -6.75. The molecule has 202 valence electrons. The monoisotopic (exact) mass is 561 g/mol. The number of pyridine rings is 2. The molecule has 8 rings (SSSR count). The van der Waals surface area contributed by atoms with E-state index in [4.69, 9.17) is 9.97 Å². The minimum absolute atomic E-state index is 0.537. The van der Waals surface area contributed by atoms with E-state index in [1.807, 2.05) is 78.9 Å². The van der Waals surface area contributed by atoms with Crippen LogP contribution in [0.1, 0.15) is 16.7 Å². The second kappa shape index (κ2) is 9.67. The Morgan fingerprint density at radius 2 is 1.05 bits per heavy atom. The first-order valence-electron chi connectivity index (χ1n) is 13.9. The van der Waals surface area contributed by atoms with Crippen LogP contribution in [0.25, 0.3) is 66.5 Å². The first-order valence-corrected chi connectivity index (χ1v) is 13.9. The van der Waals surface area contributed by atoms with Crippen molar-refractivity contribution < 1.29 is 0 Å². The average molecular weight is 562 g/mol. The largest absolute Gasteiger partial charge is 0.294 e. The van der Waals surface area contributed by atoms with E-state index in [9.17, 15) is 15.8 Å². The predicted molar refractivity (Wildman–Crippen MR) is 170 cm³/mol. The number of rotatable bonds is 3. The van der Waals surface area contributed by atoms with E-state index >= 15 is 0 Å². The molecule has 7 heteroatoms. The number of benzene rings is 4. The first kappa shape index (κ1) is 25.0. The second-order valence-corrected chi connectivity index (χ2v) is 10.5. The third-order valence-electron chi connectivity index (χ3n) is 8.06. The Labute approximate surface area is 251 Å². The third kappa shape index (κ3) is 3.73. The van der Waals surface area contributed by atoms with Crippen molar-refractivity contribution in [2.24, 2.45) is 0 Å². The van der Waals surface area contributed by atoms with Gasteiger partial charge in [0.1, 0.15) is 17.3 Å². The lowest BCUT2D eigenvalue weighted by Crippen LogP contribution is -2.05. The molecule has 44 heavy (non-hydrogen) atoms. The van der Waals surface area contributed by atoms with Crippen molar-refractivity contribution in [2.45, 2.75) is 0 Å². The first-order chi connectivity index (χ1) is 21.7. The van der Waals surface area contributed by atoms with Crippen molar-refractivity contribution in [3.05, 3.63) is 132 Å². The lowest BCUT2D eigenvalue weighted by atomic mass is 10.0. The SMILES string of the molecule is N#Cc1ccc(-c2cc(-n3c4ccc(C#N)cc4c4cc(C#N)ccc43)nc(-n3c4ccccc4c4cccnc43)c2)cc1.